The first-order chi connectivity index (χ1) is 7.26. The molecule has 0 aromatic carbocycles. The molecule has 5 nitrogen and oxygen atoms in total. The summed E-state index contributed by atoms with van der Waals surface area (Å²) in [5.41, 5.74) is 6.33. The Bertz CT molecular complexity index is 355. The summed E-state index contributed by atoms with van der Waals surface area (Å²) in [6, 6.07) is 0.511. The van der Waals surface area contributed by atoms with Gasteiger partial charge in [-0.2, -0.15) is 4.98 Å². The van der Waals surface area contributed by atoms with Gasteiger partial charge in [-0.3, -0.25) is 0 Å². The molecule has 3 N–H and O–H groups in total. The summed E-state index contributed by atoms with van der Waals surface area (Å²) >= 11 is 0. The van der Waals surface area contributed by atoms with Gasteiger partial charge in [0.25, 0.3) is 0 Å². The second-order valence-electron chi connectivity index (χ2n) is 3.80. The van der Waals surface area contributed by atoms with Crippen molar-refractivity contribution in [2.24, 2.45) is 5.92 Å². The van der Waals surface area contributed by atoms with Gasteiger partial charge in [-0.1, -0.05) is 13.3 Å². The highest BCUT2D eigenvalue weighted by Crippen LogP contribution is 2.37. The molecule has 0 spiro atoms. The number of rotatable bonds is 4. The van der Waals surface area contributed by atoms with Crippen LogP contribution in [0.3, 0.4) is 0 Å². The summed E-state index contributed by atoms with van der Waals surface area (Å²) in [4.78, 5) is 8.03. The summed E-state index contributed by atoms with van der Waals surface area (Å²) in [6.45, 7) is 2.19. The van der Waals surface area contributed by atoms with Crippen molar-refractivity contribution >= 4 is 11.5 Å². The molecular weight excluding hydrogens is 192 g/mol. The maximum Gasteiger partial charge on any atom is 0.242 e. The van der Waals surface area contributed by atoms with Crippen LogP contribution in [0.5, 0.6) is 5.88 Å². The minimum absolute atomic E-state index is 0.432. The van der Waals surface area contributed by atoms with E-state index in [9.17, 15) is 0 Å². The van der Waals surface area contributed by atoms with Gasteiger partial charge in [-0.05, 0) is 12.3 Å². The highest BCUT2D eigenvalue weighted by atomic mass is 16.5. The van der Waals surface area contributed by atoms with Crippen LogP contribution in [-0.4, -0.2) is 23.1 Å². The molecule has 0 aliphatic heterocycles. The first-order valence-corrected chi connectivity index (χ1v) is 5.17. The molecule has 2 unspecified atom stereocenters. The molecule has 2 rings (SSSR count). The lowest BCUT2D eigenvalue weighted by molar-refractivity contribution is 0.399. The Labute approximate surface area is 89.1 Å². The summed E-state index contributed by atoms with van der Waals surface area (Å²) in [5.74, 6) is 1.87. The van der Waals surface area contributed by atoms with E-state index in [0.29, 0.717) is 23.4 Å². The topological polar surface area (TPSA) is 73.1 Å². The standard InChI is InChI=1S/C10H16N4O/c1-3-6-4-7(6)14-9-8(11)10(15-2)13-5-12-9/h5-7H,3-4,11H2,1-2H3,(H,12,13,14). The Balaban J connectivity index is 2.08. The van der Waals surface area contributed by atoms with E-state index < -0.39 is 0 Å². The van der Waals surface area contributed by atoms with Crippen LogP contribution < -0.4 is 15.8 Å². The zero-order valence-corrected chi connectivity index (χ0v) is 9.03. The van der Waals surface area contributed by atoms with Gasteiger partial charge >= 0.3 is 0 Å². The van der Waals surface area contributed by atoms with Crippen molar-refractivity contribution in [3.8, 4) is 5.88 Å². The fraction of sp³-hybridized carbons (Fsp3) is 0.600. The number of anilines is 2. The van der Waals surface area contributed by atoms with Gasteiger partial charge in [0.1, 0.15) is 12.0 Å². The first kappa shape index (κ1) is 10.0. The smallest absolute Gasteiger partial charge is 0.242 e. The van der Waals surface area contributed by atoms with Gasteiger partial charge in [-0.15, -0.1) is 0 Å². The fourth-order valence-corrected chi connectivity index (χ4v) is 1.71. The van der Waals surface area contributed by atoms with Crippen molar-refractivity contribution in [2.45, 2.75) is 25.8 Å². The molecule has 0 radical (unpaired) electrons. The third kappa shape index (κ3) is 1.95. The molecule has 1 heterocycles. The second-order valence-corrected chi connectivity index (χ2v) is 3.80. The predicted molar refractivity (Wildman–Crippen MR) is 58.8 cm³/mol. The zero-order chi connectivity index (χ0) is 10.8. The maximum absolute atomic E-state index is 5.84. The molecule has 15 heavy (non-hydrogen) atoms. The monoisotopic (exact) mass is 208 g/mol. The molecule has 0 bridgehead atoms. The van der Waals surface area contributed by atoms with E-state index in [4.69, 9.17) is 10.5 Å². The molecule has 1 aliphatic carbocycles. The molecule has 5 heteroatoms. The summed E-state index contributed by atoms with van der Waals surface area (Å²) < 4.78 is 5.02. The highest BCUT2D eigenvalue weighted by Gasteiger charge is 2.35. The Morgan fingerprint density at radius 1 is 1.60 bits per heavy atom. The number of ether oxygens (including phenoxy) is 1. The van der Waals surface area contributed by atoms with E-state index in [1.165, 1.54) is 19.2 Å². The third-order valence-electron chi connectivity index (χ3n) is 2.81. The molecule has 2 atom stereocenters. The van der Waals surface area contributed by atoms with Crippen molar-refractivity contribution in [1.82, 2.24) is 9.97 Å². The Morgan fingerprint density at radius 3 is 3.00 bits per heavy atom. The molecule has 1 aliphatic rings. The largest absolute Gasteiger partial charge is 0.479 e. The number of hydrogen-bond acceptors (Lipinski definition) is 5. The summed E-state index contributed by atoms with van der Waals surface area (Å²) in [7, 11) is 1.55. The van der Waals surface area contributed by atoms with Crippen LogP contribution in [0, 0.1) is 5.92 Å². The van der Waals surface area contributed by atoms with Crippen LogP contribution in [0.1, 0.15) is 19.8 Å². The van der Waals surface area contributed by atoms with Crippen LogP contribution in [-0.2, 0) is 0 Å². The van der Waals surface area contributed by atoms with Crippen molar-refractivity contribution in [3.63, 3.8) is 0 Å². The van der Waals surface area contributed by atoms with Gasteiger partial charge in [0.15, 0.2) is 5.82 Å². The van der Waals surface area contributed by atoms with E-state index in [0.717, 1.165) is 5.92 Å². The number of nitrogen functional groups attached to an aromatic ring is 1. The lowest BCUT2D eigenvalue weighted by Crippen LogP contribution is -2.10. The van der Waals surface area contributed by atoms with Crippen LogP contribution >= 0.6 is 0 Å². The van der Waals surface area contributed by atoms with Crippen molar-refractivity contribution in [2.75, 3.05) is 18.2 Å². The average Bonchev–Trinajstić information content (AvgIpc) is 3.00. The van der Waals surface area contributed by atoms with Crippen LogP contribution in [0.2, 0.25) is 0 Å². The van der Waals surface area contributed by atoms with E-state index in [-0.39, 0.29) is 0 Å². The normalized spacial score (nSPS) is 23.6. The van der Waals surface area contributed by atoms with Crippen LogP contribution in [0.4, 0.5) is 11.5 Å². The highest BCUT2D eigenvalue weighted by molar-refractivity contribution is 5.67. The molecule has 82 valence electrons. The molecule has 1 saturated carbocycles. The SMILES string of the molecule is CCC1CC1Nc1ncnc(OC)c1N. The number of aromatic nitrogens is 2. The number of nitrogens with one attached hydrogen (secondary N) is 1. The quantitative estimate of drug-likeness (QED) is 0.779. The third-order valence-corrected chi connectivity index (χ3v) is 2.81. The minimum Gasteiger partial charge on any atom is -0.479 e. The number of nitrogens with zero attached hydrogens (tertiary/aromatic N) is 2. The molecular formula is C10H16N4O. The van der Waals surface area contributed by atoms with Crippen LogP contribution in [0.15, 0.2) is 6.33 Å². The number of methoxy groups -OCH3 is 1. The average molecular weight is 208 g/mol. The zero-order valence-electron chi connectivity index (χ0n) is 9.03. The second kappa shape index (κ2) is 3.92. The first-order valence-electron chi connectivity index (χ1n) is 5.17. The van der Waals surface area contributed by atoms with E-state index in [1.807, 2.05) is 0 Å². The van der Waals surface area contributed by atoms with Gasteiger partial charge < -0.3 is 15.8 Å². The van der Waals surface area contributed by atoms with E-state index in [2.05, 4.69) is 22.2 Å². The summed E-state index contributed by atoms with van der Waals surface area (Å²) in [5, 5.41) is 3.30. The predicted octanol–water partition coefficient (Wildman–Crippen LogP) is 1.28. The van der Waals surface area contributed by atoms with Gasteiger partial charge in [-0.25, -0.2) is 4.98 Å². The van der Waals surface area contributed by atoms with Crippen molar-refractivity contribution < 1.29 is 4.74 Å². The molecule has 0 saturated heterocycles. The maximum atomic E-state index is 5.84. The molecule has 0 amide bonds. The Hall–Kier alpha value is -1.52. The van der Waals surface area contributed by atoms with Gasteiger partial charge in [0.05, 0.1) is 7.11 Å². The summed E-state index contributed by atoms with van der Waals surface area (Å²) in [6.07, 6.45) is 3.85. The van der Waals surface area contributed by atoms with E-state index >= 15 is 0 Å². The van der Waals surface area contributed by atoms with Crippen LogP contribution in [0.25, 0.3) is 0 Å². The molecule has 1 aromatic heterocycles. The fourth-order valence-electron chi connectivity index (χ4n) is 1.71. The lowest BCUT2D eigenvalue weighted by Gasteiger charge is -2.09. The Kier molecular flexibility index (Phi) is 2.62. The molecule has 1 aromatic rings. The Morgan fingerprint density at radius 2 is 2.40 bits per heavy atom. The van der Waals surface area contributed by atoms with E-state index in [1.54, 1.807) is 7.11 Å². The van der Waals surface area contributed by atoms with Crippen molar-refractivity contribution in [3.05, 3.63) is 6.33 Å². The molecule has 1 fully saturated rings. The number of nitrogens with two attached hydrogens (primary N) is 1. The minimum atomic E-state index is 0.432. The lowest BCUT2D eigenvalue weighted by atomic mass is 10.3. The number of hydrogen-bond donors (Lipinski definition) is 2. The van der Waals surface area contributed by atoms with Crippen molar-refractivity contribution in [1.29, 1.82) is 0 Å². The van der Waals surface area contributed by atoms with Gasteiger partial charge in [0.2, 0.25) is 5.88 Å². The van der Waals surface area contributed by atoms with Gasteiger partial charge in [0, 0.05) is 6.04 Å².